The summed E-state index contributed by atoms with van der Waals surface area (Å²) in [6.07, 6.45) is 5.49. The van der Waals surface area contributed by atoms with E-state index in [4.69, 9.17) is 4.74 Å². The molecule has 0 bridgehead atoms. The number of nitrogens with one attached hydrogen (secondary N) is 2. The Kier molecular flexibility index (Phi) is 7.60. The van der Waals surface area contributed by atoms with Gasteiger partial charge in [-0.2, -0.15) is 0 Å². The molecule has 3 N–H and O–H groups in total. The first-order valence-corrected chi connectivity index (χ1v) is 15.1. The number of likely N-dealkylation sites (tertiary alicyclic amines) is 1. The second kappa shape index (κ2) is 11.2. The number of amides is 2. The van der Waals surface area contributed by atoms with Gasteiger partial charge >= 0.3 is 6.03 Å². The van der Waals surface area contributed by atoms with Crippen LogP contribution in [0.1, 0.15) is 93.9 Å². The zero-order chi connectivity index (χ0) is 30.4. The van der Waals surface area contributed by atoms with Gasteiger partial charge in [-0.25, -0.2) is 4.79 Å². The molecular formula is C33H41N7O3. The molecule has 3 atom stereocenters. The maximum atomic E-state index is 13.2. The maximum Gasteiger partial charge on any atom is 0.319 e. The third kappa shape index (κ3) is 5.69. The first-order chi connectivity index (χ1) is 20.5. The Morgan fingerprint density at radius 2 is 1.91 bits per heavy atom. The second-order valence-electron chi connectivity index (χ2n) is 13.0. The summed E-state index contributed by atoms with van der Waals surface area (Å²) in [4.78, 5) is 20.0. The topological polar surface area (TPSA) is 117 Å². The first kappa shape index (κ1) is 29.1. The van der Waals surface area contributed by atoms with Gasteiger partial charge in [-0.05, 0) is 81.6 Å². The Morgan fingerprint density at radius 3 is 2.63 bits per heavy atom. The number of hydrogen-bond acceptors (Lipinski definition) is 7. The van der Waals surface area contributed by atoms with E-state index in [1.54, 1.807) is 6.07 Å². The number of hydrogen-bond donors (Lipinski definition) is 3. The fourth-order valence-electron chi connectivity index (χ4n) is 6.33. The van der Waals surface area contributed by atoms with Gasteiger partial charge in [-0.1, -0.05) is 45.0 Å². The van der Waals surface area contributed by atoms with E-state index in [2.05, 4.69) is 82.0 Å². The van der Waals surface area contributed by atoms with Crippen molar-refractivity contribution in [2.24, 2.45) is 0 Å². The van der Waals surface area contributed by atoms with Gasteiger partial charge < -0.3 is 20.5 Å². The Bertz CT molecular complexity index is 1650. The van der Waals surface area contributed by atoms with Crippen LogP contribution in [0.3, 0.4) is 0 Å². The summed E-state index contributed by atoms with van der Waals surface area (Å²) >= 11 is 0. The Labute approximate surface area is 252 Å². The number of aromatic nitrogens is 4. The zero-order valence-corrected chi connectivity index (χ0v) is 25.6. The van der Waals surface area contributed by atoms with Crippen LogP contribution in [0.4, 0.5) is 10.5 Å². The van der Waals surface area contributed by atoms with Crippen molar-refractivity contribution >= 4 is 17.4 Å². The highest BCUT2D eigenvalue weighted by Crippen LogP contribution is 2.40. The van der Waals surface area contributed by atoms with Crippen LogP contribution in [0.15, 0.2) is 54.7 Å². The number of fused-ring (bicyclic) bond motifs is 2. The molecule has 0 saturated carbocycles. The van der Waals surface area contributed by atoms with Crippen LogP contribution in [0.2, 0.25) is 0 Å². The van der Waals surface area contributed by atoms with Crippen molar-refractivity contribution in [2.75, 3.05) is 18.9 Å². The molecular weight excluding hydrogens is 542 g/mol. The van der Waals surface area contributed by atoms with Crippen LogP contribution in [0.25, 0.3) is 5.65 Å². The van der Waals surface area contributed by atoms with Crippen molar-refractivity contribution in [1.82, 2.24) is 29.8 Å². The molecule has 1 unspecified atom stereocenters. The monoisotopic (exact) mass is 583 g/mol. The fraction of sp³-hybridized carbons (Fsp3) is 0.455. The molecule has 10 heteroatoms. The molecule has 1 aliphatic carbocycles. The van der Waals surface area contributed by atoms with Crippen LogP contribution in [0.5, 0.6) is 5.75 Å². The number of rotatable bonds is 6. The van der Waals surface area contributed by atoms with Gasteiger partial charge in [0.15, 0.2) is 11.5 Å². The van der Waals surface area contributed by atoms with Gasteiger partial charge in [0.1, 0.15) is 11.9 Å². The molecule has 4 aromatic rings. The summed E-state index contributed by atoms with van der Waals surface area (Å²) in [5.41, 5.74) is 4.45. The zero-order valence-electron chi connectivity index (χ0n) is 25.6. The Balaban J connectivity index is 1.19. The standard InChI is InChI=1S/C33H41N7O3/c1-32(2,3)28-18-21(17-22(20-41)34-28)35-31(42)36-26-12-13-27(25-10-7-6-9-24(25)26)43-23-11-14-29-37-38-30(40(29)19-23)33(4)15-8-16-39(33)5/h6-7,9-11,14,17-19,26-27,41H,8,12-13,15-16,20H2,1-5H3,(H2,34,35,36,42)/t26-,27+,33?/m0/s1. The van der Waals surface area contributed by atoms with E-state index in [0.717, 1.165) is 66.3 Å². The average Bonchev–Trinajstić information content (AvgIpc) is 3.56. The summed E-state index contributed by atoms with van der Waals surface area (Å²) in [6, 6.07) is 15.2. The number of benzene rings is 1. The minimum absolute atomic E-state index is 0.152. The van der Waals surface area contributed by atoms with E-state index in [9.17, 15) is 9.90 Å². The van der Waals surface area contributed by atoms with E-state index in [-0.39, 0.29) is 35.7 Å². The third-order valence-electron chi connectivity index (χ3n) is 8.94. The first-order valence-electron chi connectivity index (χ1n) is 15.1. The van der Waals surface area contributed by atoms with Crippen molar-refractivity contribution < 1.29 is 14.6 Å². The molecule has 1 aliphatic heterocycles. The number of urea groups is 1. The SMILES string of the molecule is CN1CCCC1(C)c1nnc2ccc(O[C@@H]3CC[C@H](NC(=O)Nc4cc(CO)nc(C(C)(C)C)c4)c4ccccc43)cn12. The molecule has 43 heavy (non-hydrogen) atoms. The Morgan fingerprint density at radius 1 is 1.12 bits per heavy atom. The van der Waals surface area contributed by atoms with Gasteiger partial charge in [0.2, 0.25) is 0 Å². The van der Waals surface area contributed by atoms with Crippen molar-refractivity contribution in [2.45, 2.75) is 83.1 Å². The number of carbonyl (C=O) groups is 1. The van der Waals surface area contributed by atoms with E-state index in [1.165, 1.54) is 0 Å². The minimum Gasteiger partial charge on any atom is -0.484 e. The smallest absolute Gasteiger partial charge is 0.319 e. The number of nitrogens with zero attached hydrogens (tertiary/aromatic N) is 5. The quantitative estimate of drug-likeness (QED) is 0.269. The second-order valence-corrected chi connectivity index (χ2v) is 13.0. The number of pyridine rings is 2. The van der Waals surface area contributed by atoms with E-state index >= 15 is 0 Å². The molecule has 2 amide bonds. The van der Waals surface area contributed by atoms with Crippen molar-refractivity contribution in [3.8, 4) is 5.75 Å². The third-order valence-corrected chi connectivity index (χ3v) is 8.94. The largest absolute Gasteiger partial charge is 0.484 e. The predicted octanol–water partition coefficient (Wildman–Crippen LogP) is 5.63. The molecule has 1 fully saturated rings. The van der Waals surface area contributed by atoms with E-state index in [1.807, 2.05) is 36.5 Å². The number of aliphatic hydroxyl groups excluding tert-OH is 1. The van der Waals surface area contributed by atoms with Crippen molar-refractivity contribution in [3.63, 3.8) is 0 Å². The molecule has 226 valence electrons. The minimum atomic E-state index is -0.301. The molecule has 2 aliphatic rings. The van der Waals surface area contributed by atoms with Crippen LogP contribution in [-0.4, -0.2) is 49.2 Å². The highest BCUT2D eigenvalue weighted by molar-refractivity contribution is 5.89. The molecule has 1 saturated heterocycles. The Hall–Kier alpha value is -4.02. The lowest BCUT2D eigenvalue weighted by Gasteiger charge is -2.32. The van der Waals surface area contributed by atoms with E-state index in [0.29, 0.717) is 11.4 Å². The van der Waals surface area contributed by atoms with Gasteiger partial charge in [0.25, 0.3) is 0 Å². The lowest BCUT2D eigenvalue weighted by atomic mass is 9.85. The lowest BCUT2D eigenvalue weighted by Crippen LogP contribution is -2.37. The molecule has 6 rings (SSSR count). The number of carbonyl (C=O) groups excluding carboxylic acids is 1. The summed E-state index contributed by atoms with van der Waals surface area (Å²) in [5, 5.41) is 24.8. The van der Waals surface area contributed by atoms with Crippen LogP contribution >= 0.6 is 0 Å². The number of anilines is 1. The molecule has 3 aromatic heterocycles. The van der Waals surface area contributed by atoms with Gasteiger partial charge in [0.05, 0.1) is 30.1 Å². The molecule has 0 radical (unpaired) electrons. The van der Waals surface area contributed by atoms with Crippen LogP contribution < -0.4 is 15.4 Å². The summed E-state index contributed by atoms with van der Waals surface area (Å²) in [6.45, 7) is 9.23. The maximum absolute atomic E-state index is 13.2. The van der Waals surface area contributed by atoms with Crippen molar-refractivity contribution in [1.29, 1.82) is 0 Å². The highest BCUT2D eigenvalue weighted by Gasteiger charge is 2.40. The number of ether oxygens (including phenoxy) is 1. The van der Waals surface area contributed by atoms with Gasteiger partial charge in [-0.3, -0.25) is 14.3 Å². The lowest BCUT2D eigenvalue weighted by molar-refractivity contribution is 0.170. The normalized spacial score (nSPS) is 22.4. The summed E-state index contributed by atoms with van der Waals surface area (Å²) < 4.78 is 8.67. The van der Waals surface area contributed by atoms with Crippen LogP contribution in [0, 0.1) is 0 Å². The average molecular weight is 584 g/mol. The number of aliphatic hydroxyl groups is 1. The fourth-order valence-corrected chi connectivity index (χ4v) is 6.33. The van der Waals surface area contributed by atoms with Gasteiger partial charge in [-0.15, -0.1) is 10.2 Å². The molecule has 0 spiro atoms. The van der Waals surface area contributed by atoms with E-state index < -0.39 is 0 Å². The summed E-state index contributed by atoms with van der Waals surface area (Å²) in [5.74, 6) is 1.69. The van der Waals surface area contributed by atoms with Gasteiger partial charge in [0, 0.05) is 16.8 Å². The van der Waals surface area contributed by atoms with Crippen molar-refractivity contribution in [3.05, 3.63) is 83.1 Å². The summed E-state index contributed by atoms with van der Waals surface area (Å²) in [7, 11) is 2.14. The molecule has 10 nitrogen and oxygen atoms in total. The molecule has 1 aromatic carbocycles. The van der Waals surface area contributed by atoms with Crippen LogP contribution in [-0.2, 0) is 17.6 Å². The predicted molar refractivity (Wildman–Crippen MR) is 165 cm³/mol. The molecule has 4 heterocycles. The highest BCUT2D eigenvalue weighted by atomic mass is 16.5.